The molecule has 0 amide bonds. The van der Waals surface area contributed by atoms with Crippen LogP contribution in [-0.2, 0) is 11.1 Å². The van der Waals surface area contributed by atoms with E-state index in [0.29, 0.717) is 0 Å². The summed E-state index contributed by atoms with van der Waals surface area (Å²) in [6.45, 7) is 5.72. The molecule has 14 rings (SSSR count). The lowest BCUT2D eigenvalue weighted by atomic mass is 9.74. The molecular formula is C81H58N+. The van der Waals surface area contributed by atoms with Crippen molar-refractivity contribution in [3.63, 3.8) is 0 Å². The molecule has 0 aliphatic carbocycles. The van der Waals surface area contributed by atoms with E-state index in [1.54, 1.807) is 0 Å². The van der Waals surface area contributed by atoms with Crippen LogP contribution in [0.1, 0.15) is 33.4 Å². The molecular weight excluding hydrogens is 987 g/mol. The maximum atomic E-state index is 5.72. The zero-order valence-corrected chi connectivity index (χ0v) is 45.5. The van der Waals surface area contributed by atoms with E-state index in [1.165, 1.54) is 0 Å². The van der Waals surface area contributed by atoms with E-state index in [-0.39, 0.29) is 0 Å². The summed E-state index contributed by atoms with van der Waals surface area (Å²) in [5, 5.41) is 0. The van der Waals surface area contributed by atoms with Crippen LogP contribution in [0.3, 0.4) is 0 Å². The summed E-state index contributed by atoms with van der Waals surface area (Å²) < 4.78 is 2.53. The largest absolute Gasteiger partial charge is 0.240 e. The van der Waals surface area contributed by atoms with Crippen LogP contribution in [-0.4, -0.2) is 11.3 Å². The van der Waals surface area contributed by atoms with Crippen molar-refractivity contribution in [2.24, 2.45) is 0 Å². The molecule has 1 aliphatic rings. The molecule has 13 aromatic rings. The van der Waals surface area contributed by atoms with Crippen molar-refractivity contribution in [1.82, 2.24) is 0 Å². The van der Waals surface area contributed by atoms with Gasteiger partial charge in [0.15, 0.2) is 0 Å². The van der Waals surface area contributed by atoms with Crippen molar-refractivity contribution in [2.45, 2.75) is 11.1 Å². The highest BCUT2D eigenvalue weighted by molar-refractivity contribution is 5.83. The predicted octanol–water partition coefficient (Wildman–Crippen LogP) is 20.3. The summed E-state index contributed by atoms with van der Waals surface area (Å²) in [6.07, 6.45) is 0. The zero-order chi connectivity index (χ0) is 54.9. The van der Waals surface area contributed by atoms with Gasteiger partial charge < -0.3 is 0 Å². The van der Waals surface area contributed by atoms with E-state index >= 15 is 0 Å². The Labute approximate surface area is 481 Å². The molecule has 13 aromatic carbocycles. The minimum Gasteiger partial charge on any atom is -0.206 e. The van der Waals surface area contributed by atoms with Crippen molar-refractivity contribution in [3.8, 4) is 89.0 Å². The predicted molar refractivity (Wildman–Crippen MR) is 343 cm³/mol. The zero-order valence-electron chi connectivity index (χ0n) is 45.5. The van der Waals surface area contributed by atoms with Gasteiger partial charge in [-0.25, -0.2) is 4.58 Å². The fourth-order valence-corrected chi connectivity index (χ4v) is 13.0. The lowest BCUT2D eigenvalue weighted by Crippen LogP contribution is -2.46. The fraction of sp³-hybridized carbons (Fsp3) is 0.0247. The molecule has 0 saturated heterocycles. The molecule has 0 unspecified atom stereocenters. The SMILES string of the molecule is C=[N+]1C(c2cc(-c3ccccc3)cc(-c3ccccc3)c2)(c2cc(-c3ccccc3)cc(-c3ccccc3)c2)c2ccccc2C1(c1cc(-c2ccccc2)cc(-c2ccccc2)c1)c1cc(-c2ccccc2)cc(-c2ccccc2)c1. The number of nitrogens with zero attached hydrogens (tertiary/aromatic N) is 1. The van der Waals surface area contributed by atoms with Gasteiger partial charge in [-0.1, -0.05) is 267 Å². The van der Waals surface area contributed by atoms with Crippen LogP contribution in [0, 0.1) is 0 Å². The smallest absolute Gasteiger partial charge is 0.206 e. The molecule has 0 aromatic heterocycles. The molecule has 1 heterocycles. The number of hydrogen-bond donors (Lipinski definition) is 0. The van der Waals surface area contributed by atoms with Gasteiger partial charge in [0, 0.05) is 33.4 Å². The van der Waals surface area contributed by atoms with Crippen molar-refractivity contribution in [3.05, 3.63) is 373 Å². The summed E-state index contributed by atoms with van der Waals surface area (Å²) >= 11 is 0. The Balaban J connectivity index is 1.19. The first-order chi connectivity index (χ1) is 40.5. The van der Waals surface area contributed by atoms with Crippen LogP contribution >= 0.6 is 0 Å². The lowest BCUT2D eigenvalue weighted by molar-refractivity contribution is -0.635. The number of benzene rings is 13. The number of hydrogen-bond acceptors (Lipinski definition) is 0. The molecule has 82 heavy (non-hydrogen) atoms. The summed E-state index contributed by atoms with van der Waals surface area (Å²) in [4.78, 5) is 0. The molecule has 0 saturated carbocycles. The lowest BCUT2D eigenvalue weighted by Gasteiger charge is -2.36. The Morgan fingerprint density at radius 1 is 0.171 bits per heavy atom. The Hall–Kier alpha value is -10.5. The second-order valence-electron chi connectivity index (χ2n) is 21.5. The first-order valence-corrected chi connectivity index (χ1v) is 28.3. The van der Waals surface area contributed by atoms with Crippen LogP contribution in [0.4, 0.5) is 0 Å². The molecule has 0 fully saturated rings. The van der Waals surface area contributed by atoms with E-state index in [1.807, 2.05) is 0 Å². The molecule has 0 radical (unpaired) electrons. The van der Waals surface area contributed by atoms with Crippen LogP contribution in [0.25, 0.3) is 89.0 Å². The average molecular weight is 1050 g/mol. The van der Waals surface area contributed by atoms with Crippen LogP contribution < -0.4 is 0 Å². The van der Waals surface area contributed by atoms with Crippen LogP contribution in [0.5, 0.6) is 0 Å². The molecule has 0 atom stereocenters. The van der Waals surface area contributed by atoms with E-state index in [9.17, 15) is 0 Å². The van der Waals surface area contributed by atoms with Crippen molar-refractivity contribution in [2.75, 3.05) is 0 Å². The fourth-order valence-electron chi connectivity index (χ4n) is 13.0. The van der Waals surface area contributed by atoms with Gasteiger partial charge in [0.25, 0.3) is 0 Å². The van der Waals surface area contributed by atoms with Crippen molar-refractivity contribution < 1.29 is 4.58 Å². The number of rotatable bonds is 12. The van der Waals surface area contributed by atoms with Crippen molar-refractivity contribution in [1.29, 1.82) is 0 Å². The monoisotopic (exact) mass is 1040 g/mol. The van der Waals surface area contributed by atoms with Crippen molar-refractivity contribution >= 4 is 6.72 Å². The minimum atomic E-state index is -1.08. The van der Waals surface area contributed by atoms with Gasteiger partial charge in [0.05, 0.1) is 0 Å². The normalized spacial score (nSPS) is 13.1. The van der Waals surface area contributed by atoms with E-state index in [4.69, 9.17) is 6.72 Å². The Bertz CT molecular complexity index is 3630. The van der Waals surface area contributed by atoms with Gasteiger partial charge in [0.2, 0.25) is 11.1 Å². The van der Waals surface area contributed by atoms with Gasteiger partial charge in [-0.3, -0.25) is 0 Å². The Morgan fingerprint density at radius 3 is 0.476 bits per heavy atom. The molecule has 386 valence electrons. The van der Waals surface area contributed by atoms with Crippen LogP contribution in [0.2, 0.25) is 0 Å². The van der Waals surface area contributed by atoms with Gasteiger partial charge in [0.1, 0.15) is 6.72 Å². The second kappa shape index (κ2) is 21.3. The Morgan fingerprint density at radius 2 is 0.317 bits per heavy atom. The third-order valence-electron chi connectivity index (χ3n) is 16.8. The topological polar surface area (TPSA) is 3.01 Å². The highest BCUT2D eigenvalue weighted by atomic mass is 15.2. The van der Waals surface area contributed by atoms with Gasteiger partial charge >= 0.3 is 0 Å². The average Bonchev–Trinajstić information content (AvgIpc) is 1.84. The Kier molecular flexibility index (Phi) is 12.9. The van der Waals surface area contributed by atoms with E-state index in [0.717, 1.165) is 122 Å². The maximum absolute atomic E-state index is 5.72. The third kappa shape index (κ3) is 8.81. The minimum absolute atomic E-state index is 1.08. The van der Waals surface area contributed by atoms with Gasteiger partial charge in [-0.05, 0) is 162 Å². The first kappa shape index (κ1) is 49.8. The summed E-state index contributed by atoms with van der Waals surface area (Å²) in [7, 11) is 0. The molecule has 1 heteroatoms. The molecule has 0 bridgehead atoms. The van der Waals surface area contributed by atoms with E-state index in [2.05, 4.69) is 344 Å². The van der Waals surface area contributed by atoms with E-state index < -0.39 is 11.1 Å². The summed E-state index contributed by atoms with van der Waals surface area (Å²) in [6, 6.07) is 125. The molecule has 0 N–H and O–H groups in total. The molecule has 1 aliphatic heterocycles. The summed E-state index contributed by atoms with van der Waals surface area (Å²) in [5.41, 5.74) is 22.6. The van der Waals surface area contributed by atoms with Gasteiger partial charge in [-0.15, -0.1) is 0 Å². The molecule has 0 spiro atoms. The first-order valence-electron chi connectivity index (χ1n) is 28.3. The highest BCUT2D eigenvalue weighted by Crippen LogP contribution is 2.60. The third-order valence-corrected chi connectivity index (χ3v) is 16.8. The van der Waals surface area contributed by atoms with Gasteiger partial charge in [-0.2, -0.15) is 0 Å². The second-order valence-corrected chi connectivity index (χ2v) is 21.5. The maximum Gasteiger partial charge on any atom is 0.240 e. The quantitative estimate of drug-likeness (QED) is 0.107. The highest BCUT2D eigenvalue weighted by Gasteiger charge is 2.66. The van der Waals surface area contributed by atoms with Crippen LogP contribution in [0.15, 0.2) is 340 Å². The number of fused-ring (bicyclic) bond motifs is 1. The standard InChI is InChI=1S/C81H58N/c1-82-80(74-50-66(58-28-10-2-11-29-58)46-67(51-74)59-30-12-3-13-31-59,75-52-68(60-32-14-4-15-33-60)47-69(53-75)61-34-16-5-17-35-61)78-44-26-27-45-79(78)81(82,76-54-70(62-36-18-6-19-37-62)48-71(55-76)63-38-20-7-21-39-63)77-56-72(64-40-22-8-23-41-64)49-73(57-77)65-42-24-9-25-43-65/h2-57H,1H2/q+1. The molecule has 1 nitrogen and oxygen atoms in total. The summed E-state index contributed by atoms with van der Waals surface area (Å²) in [5.74, 6) is 0.